The molecule has 1 nitrogen and oxygen atoms in total. The van der Waals surface area contributed by atoms with Crippen LogP contribution in [0.25, 0.3) is 0 Å². The molecule has 0 aromatic heterocycles. The third-order valence-electron chi connectivity index (χ3n) is 2.93. The fraction of sp³-hybridized carbons (Fsp3) is 0.571. The molecule has 0 saturated carbocycles. The molecule has 0 bridgehead atoms. The number of unbranched alkanes of at least 4 members (excludes halogenated alkanes) is 2. The number of benzene rings is 1. The molecule has 16 heavy (non-hydrogen) atoms. The monoisotopic (exact) mass is 224 g/mol. The van der Waals surface area contributed by atoms with Crippen molar-refractivity contribution in [2.75, 3.05) is 0 Å². The molecule has 0 amide bonds. The highest BCUT2D eigenvalue weighted by molar-refractivity contribution is 5.27. The van der Waals surface area contributed by atoms with E-state index in [1.165, 1.54) is 12.1 Å². The Morgan fingerprint density at radius 1 is 1.25 bits per heavy atom. The zero-order chi connectivity index (χ0) is 12.2. The largest absolute Gasteiger partial charge is 0.385 e. The second-order valence-electron chi connectivity index (χ2n) is 4.75. The summed E-state index contributed by atoms with van der Waals surface area (Å²) in [6.45, 7) is 5.73. The molecule has 2 heteroatoms. The molecular weight excluding hydrogens is 203 g/mol. The van der Waals surface area contributed by atoms with Gasteiger partial charge in [0.15, 0.2) is 0 Å². The van der Waals surface area contributed by atoms with Gasteiger partial charge in [-0.15, -0.1) is 0 Å². The molecule has 1 rings (SSSR count). The molecule has 90 valence electrons. The summed E-state index contributed by atoms with van der Waals surface area (Å²) in [5.74, 6) is -0.272. The van der Waals surface area contributed by atoms with Crippen LogP contribution < -0.4 is 0 Å². The summed E-state index contributed by atoms with van der Waals surface area (Å²) in [4.78, 5) is 0. The standard InChI is InChI=1S/C14H21FO/c1-4-5-6-7-14(3,16)12-8-11(2)9-13(15)10-12/h8-10,16H,4-7H2,1-3H3. The van der Waals surface area contributed by atoms with E-state index in [0.29, 0.717) is 12.0 Å². The van der Waals surface area contributed by atoms with Crippen molar-refractivity contribution in [2.45, 2.75) is 52.1 Å². The van der Waals surface area contributed by atoms with Gasteiger partial charge in [-0.05, 0) is 43.5 Å². The molecule has 0 aliphatic rings. The first kappa shape index (κ1) is 13.2. The van der Waals surface area contributed by atoms with Crippen molar-refractivity contribution in [3.8, 4) is 0 Å². The molecule has 0 saturated heterocycles. The topological polar surface area (TPSA) is 20.2 Å². The van der Waals surface area contributed by atoms with E-state index in [-0.39, 0.29) is 5.82 Å². The number of rotatable bonds is 5. The molecule has 1 N–H and O–H groups in total. The Kier molecular flexibility index (Phi) is 4.48. The summed E-state index contributed by atoms with van der Waals surface area (Å²) in [5.41, 5.74) is 0.619. The molecular formula is C14H21FO. The summed E-state index contributed by atoms with van der Waals surface area (Å²) in [6.07, 6.45) is 3.88. The van der Waals surface area contributed by atoms with Gasteiger partial charge in [-0.25, -0.2) is 4.39 Å². The van der Waals surface area contributed by atoms with Crippen LogP contribution in [0.4, 0.5) is 4.39 Å². The zero-order valence-electron chi connectivity index (χ0n) is 10.4. The average Bonchev–Trinajstić information content (AvgIpc) is 2.16. The lowest BCUT2D eigenvalue weighted by molar-refractivity contribution is 0.0446. The SMILES string of the molecule is CCCCCC(C)(O)c1cc(C)cc(F)c1. The van der Waals surface area contributed by atoms with Crippen molar-refractivity contribution < 1.29 is 9.50 Å². The summed E-state index contributed by atoms with van der Waals surface area (Å²) >= 11 is 0. The first-order valence-electron chi connectivity index (χ1n) is 5.96. The van der Waals surface area contributed by atoms with Gasteiger partial charge in [-0.1, -0.05) is 32.3 Å². The van der Waals surface area contributed by atoms with E-state index in [1.54, 1.807) is 6.92 Å². The molecule has 0 aliphatic heterocycles. The van der Waals surface area contributed by atoms with Crippen molar-refractivity contribution in [1.82, 2.24) is 0 Å². The van der Waals surface area contributed by atoms with Crippen molar-refractivity contribution >= 4 is 0 Å². The Bertz CT molecular complexity index is 324. The van der Waals surface area contributed by atoms with Gasteiger partial charge in [0, 0.05) is 0 Å². The Morgan fingerprint density at radius 2 is 1.94 bits per heavy atom. The van der Waals surface area contributed by atoms with Crippen molar-refractivity contribution in [1.29, 1.82) is 0 Å². The van der Waals surface area contributed by atoms with E-state index < -0.39 is 5.60 Å². The van der Waals surface area contributed by atoms with Gasteiger partial charge in [0.05, 0.1) is 5.60 Å². The van der Waals surface area contributed by atoms with Crippen LogP contribution >= 0.6 is 0 Å². The second-order valence-corrected chi connectivity index (χ2v) is 4.75. The van der Waals surface area contributed by atoms with Crippen LogP contribution in [-0.4, -0.2) is 5.11 Å². The van der Waals surface area contributed by atoms with Crippen LogP contribution in [-0.2, 0) is 5.60 Å². The van der Waals surface area contributed by atoms with Crippen LogP contribution in [0, 0.1) is 12.7 Å². The summed E-state index contributed by atoms with van der Waals surface area (Å²) < 4.78 is 13.2. The predicted molar refractivity (Wildman–Crippen MR) is 64.8 cm³/mol. The smallest absolute Gasteiger partial charge is 0.123 e. The minimum atomic E-state index is -0.915. The Morgan fingerprint density at radius 3 is 2.50 bits per heavy atom. The first-order valence-corrected chi connectivity index (χ1v) is 5.96. The normalized spacial score (nSPS) is 14.8. The van der Waals surface area contributed by atoms with E-state index in [2.05, 4.69) is 6.92 Å². The number of aryl methyl sites for hydroxylation is 1. The fourth-order valence-electron chi connectivity index (χ4n) is 1.91. The second kappa shape index (κ2) is 5.44. The van der Waals surface area contributed by atoms with Gasteiger partial charge in [-0.3, -0.25) is 0 Å². The van der Waals surface area contributed by atoms with Gasteiger partial charge >= 0.3 is 0 Å². The highest BCUT2D eigenvalue weighted by Crippen LogP contribution is 2.28. The molecule has 0 fully saturated rings. The Labute approximate surface area is 97.3 Å². The molecule has 0 heterocycles. The van der Waals surface area contributed by atoms with Gasteiger partial charge in [-0.2, -0.15) is 0 Å². The van der Waals surface area contributed by atoms with Gasteiger partial charge in [0.2, 0.25) is 0 Å². The maximum absolute atomic E-state index is 13.2. The minimum absolute atomic E-state index is 0.272. The number of aliphatic hydroxyl groups is 1. The molecule has 0 radical (unpaired) electrons. The van der Waals surface area contributed by atoms with Crippen molar-refractivity contribution in [2.24, 2.45) is 0 Å². The average molecular weight is 224 g/mol. The van der Waals surface area contributed by atoms with E-state index in [4.69, 9.17) is 0 Å². The fourth-order valence-corrected chi connectivity index (χ4v) is 1.91. The summed E-state index contributed by atoms with van der Waals surface area (Å²) in [6, 6.07) is 4.76. The molecule has 0 aliphatic carbocycles. The van der Waals surface area contributed by atoms with Crippen LogP contribution in [0.3, 0.4) is 0 Å². The zero-order valence-corrected chi connectivity index (χ0v) is 10.4. The molecule has 1 unspecified atom stereocenters. The van der Waals surface area contributed by atoms with E-state index >= 15 is 0 Å². The molecule has 1 atom stereocenters. The lowest BCUT2D eigenvalue weighted by Gasteiger charge is -2.24. The summed E-state index contributed by atoms with van der Waals surface area (Å²) in [5, 5.41) is 10.3. The van der Waals surface area contributed by atoms with Gasteiger partial charge in [0.1, 0.15) is 5.82 Å². The van der Waals surface area contributed by atoms with Crippen LogP contribution in [0.2, 0.25) is 0 Å². The van der Waals surface area contributed by atoms with Gasteiger partial charge < -0.3 is 5.11 Å². The van der Waals surface area contributed by atoms with Crippen LogP contribution in [0.15, 0.2) is 18.2 Å². The summed E-state index contributed by atoms with van der Waals surface area (Å²) in [7, 11) is 0. The Hall–Kier alpha value is -0.890. The Balaban J connectivity index is 2.80. The van der Waals surface area contributed by atoms with Crippen molar-refractivity contribution in [3.05, 3.63) is 35.1 Å². The van der Waals surface area contributed by atoms with E-state index in [1.807, 2.05) is 13.0 Å². The predicted octanol–water partition coefficient (Wildman–Crippen LogP) is 3.92. The number of hydrogen-bond acceptors (Lipinski definition) is 1. The number of hydrogen-bond donors (Lipinski definition) is 1. The molecule has 1 aromatic rings. The van der Waals surface area contributed by atoms with E-state index in [9.17, 15) is 9.50 Å². The number of halogens is 1. The lowest BCUT2D eigenvalue weighted by Crippen LogP contribution is -2.21. The van der Waals surface area contributed by atoms with Crippen molar-refractivity contribution in [3.63, 3.8) is 0 Å². The third-order valence-corrected chi connectivity index (χ3v) is 2.93. The maximum Gasteiger partial charge on any atom is 0.123 e. The quantitative estimate of drug-likeness (QED) is 0.751. The maximum atomic E-state index is 13.2. The van der Waals surface area contributed by atoms with Gasteiger partial charge in [0.25, 0.3) is 0 Å². The molecule has 0 spiro atoms. The molecule has 1 aromatic carbocycles. The third kappa shape index (κ3) is 3.60. The highest BCUT2D eigenvalue weighted by Gasteiger charge is 2.23. The lowest BCUT2D eigenvalue weighted by atomic mass is 9.89. The van der Waals surface area contributed by atoms with E-state index in [0.717, 1.165) is 24.8 Å². The van der Waals surface area contributed by atoms with Crippen LogP contribution in [0.1, 0.15) is 50.7 Å². The first-order chi connectivity index (χ1) is 7.45. The minimum Gasteiger partial charge on any atom is -0.385 e. The van der Waals surface area contributed by atoms with Crippen LogP contribution in [0.5, 0.6) is 0 Å². The highest BCUT2D eigenvalue weighted by atomic mass is 19.1.